The van der Waals surface area contributed by atoms with E-state index in [0.717, 1.165) is 5.82 Å². The Kier molecular flexibility index (Phi) is 2.75. The fourth-order valence-corrected chi connectivity index (χ4v) is 2.00. The second-order valence-electron chi connectivity index (χ2n) is 4.18. The monoisotopic (exact) mass is 208 g/mol. The predicted molar refractivity (Wildman–Crippen MR) is 55.8 cm³/mol. The van der Waals surface area contributed by atoms with Crippen molar-refractivity contribution in [1.82, 2.24) is 9.55 Å². The molecule has 1 saturated carbocycles. The van der Waals surface area contributed by atoms with Gasteiger partial charge in [0.15, 0.2) is 0 Å². The maximum atomic E-state index is 10.5. The maximum absolute atomic E-state index is 10.5. The van der Waals surface area contributed by atoms with E-state index in [1.807, 2.05) is 13.2 Å². The molecule has 4 heteroatoms. The van der Waals surface area contributed by atoms with Crippen molar-refractivity contribution >= 4 is 5.97 Å². The molecule has 1 fully saturated rings. The molecule has 0 radical (unpaired) electrons. The minimum atomic E-state index is -0.761. The first kappa shape index (κ1) is 10.2. The number of aliphatic carboxylic acids is 1. The molecule has 1 aliphatic rings. The normalized spacial score (nSPS) is 16.3. The Balaban J connectivity index is 2.05. The zero-order valence-electron chi connectivity index (χ0n) is 8.94. The molecule has 0 aromatic carbocycles. The summed E-state index contributed by atoms with van der Waals surface area (Å²) >= 11 is 0. The van der Waals surface area contributed by atoms with Crippen molar-refractivity contribution in [3.05, 3.63) is 17.7 Å². The number of carboxylic acid groups (broad SMARTS) is 1. The molecule has 1 heterocycles. The zero-order chi connectivity index (χ0) is 10.8. The molecule has 82 valence electrons. The third-order valence-corrected chi connectivity index (χ3v) is 3.21. The lowest BCUT2D eigenvalue weighted by Crippen LogP contribution is -2.14. The van der Waals surface area contributed by atoms with Crippen molar-refractivity contribution in [3.8, 4) is 0 Å². The molecule has 0 amide bonds. The lowest BCUT2D eigenvalue weighted by molar-refractivity contribution is -0.137. The van der Waals surface area contributed by atoms with Crippen molar-refractivity contribution in [3.63, 3.8) is 0 Å². The maximum Gasteiger partial charge on any atom is 0.303 e. The summed E-state index contributed by atoms with van der Waals surface area (Å²) in [6.45, 7) is 0. The van der Waals surface area contributed by atoms with Gasteiger partial charge in [0.2, 0.25) is 0 Å². The second-order valence-corrected chi connectivity index (χ2v) is 4.18. The summed E-state index contributed by atoms with van der Waals surface area (Å²) in [5, 5.41) is 8.60. The quantitative estimate of drug-likeness (QED) is 0.819. The third-order valence-electron chi connectivity index (χ3n) is 3.21. The van der Waals surface area contributed by atoms with Crippen molar-refractivity contribution in [2.24, 2.45) is 7.05 Å². The predicted octanol–water partition coefficient (Wildman–Crippen LogP) is 1.70. The summed E-state index contributed by atoms with van der Waals surface area (Å²) in [5.41, 5.74) is 1.27. The largest absolute Gasteiger partial charge is 0.481 e. The molecule has 0 atom stereocenters. The molecule has 1 aromatic rings. The Hall–Kier alpha value is -1.32. The number of carboxylic acids is 1. The summed E-state index contributed by atoms with van der Waals surface area (Å²) < 4.78 is 2.06. The van der Waals surface area contributed by atoms with Gasteiger partial charge in [-0.15, -0.1) is 0 Å². The number of hydrogen-bond acceptors (Lipinski definition) is 2. The van der Waals surface area contributed by atoms with Gasteiger partial charge in [0.1, 0.15) is 5.82 Å². The average Bonchev–Trinajstić information content (AvgIpc) is 2.43. The van der Waals surface area contributed by atoms with Crippen LogP contribution in [0.25, 0.3) is 0 Å². The van der Waals surface area contributed by atoms with Gasteiger partial charge in [-0.1, -0.05) is 6.42 Å². The van der Waals surface area contributed by atoms with Crippen molar-refractivity contribution < 1.29 is 9.90 Å². The average molecular weight is 208 g/mol. The lowest BCUT2D eigenvalue weighted by atomic mass is 9.83. The van der Waals surface area contributed by atoms with Gasteiger partial charge >= 0.3 is 5.97 Å². The van der Waals surface area contributed by atoms with E-state index >= 15 is 0 Å². The standard InChI is InChI=1S/C11H16N2O2/c1-13-9(8-3-2-4-8)7-12-10(13)5-6-11(14)15/h7-8H,2-6H2,1H3,(H,14,15). The van der Waals surface area contributed by atoms with Crippen LogP contribution >= 0.6 is 0 Å². The highest BCUT2D eigenvalue weighted by Gasteiger charge is 2.23. The molecule has 15 heavy (non-hydrogen) atoms. The van der Waals surface area contributed by atoms with Crippen LogP contribution in [-0.2, 0) is 18.3 Å². The van der Waals surface area contributed by atoms with E-state index in [-0.39, 0.29) is 6.42 Å². The number of nitrogens with zero attached hydrogens (tertiary/aromatic N) is 2. The molecule has 4 nitrogen and oxygen atoms in total. The summed E-state index contributed by atoms with van der Waals surface area (Å²) in [6.07, 6.45) is 6.39. The molecule has 1 aliphatic carbocycles. The number of carbonyl (C=O) groups is 1. The van der Waals surface area contributed by atoms with Crippen LogP contribution in [-0.4, -0.2) is 20.6 Å². The Morgan fingerprint density at radius 3 is 2.93 bits per heavy atom. The molecule has 0 spiro atoms. The van der Waals surface area contributed by atoms with Gasteiger partial charge in [-0.2, -0.15) is 0 Å². The highest BCUT2D eigenvalue weighted by Crippen LogP contribution is 2.36. The molecule has 1 N–H and O–H groups in total. The first-order valence-electron chi connectivity index (χ1n) is 5.40. The highest BCUT2D eigenvalue weighted by molar-refractivity contribution is 5.66. The van der Waals surface area contributed by atoms with Gasteiger partial charge in [-0.25, -0.2) is 4.98 Å². The van der Waals surface area contributed by atoms with Crippen LogP contribution in [0.2, 0.25) is 0 Å². The van der Waals surface area contributed by atoms with E-state index in [2.05, 4.69) is 9.55 Å². The van der Waals surface area contributed by atoms with Gasteiger partial charge in [-0.05, 0) is 12.8 Å². The summed E-state index contributed by atoms with van der Waals surface area (Å²) in [4.78, 5) is 14.7. The van der Waals surface area contributed by atoms with Gasteiger partial charge in [-0.3, -0.25) is 4.79 Å². The van der Waals surface area contributed by atoms with Crippen LogP contribution in [0.4, 0.5) is 0 Å². The number of aryl methyl sites for hydroxylation is 1. The zero-order valence-corrected chi connectivity index (χ0v) is 8.94. The van der Waals surface area contributed by atoms with Crippen LogP contribution in [0.1, 0.15) is 43.1 Å². The molecule has 2 rings (SSSR count). The van der Waals surface area contributed by atoms with Crippen molar-refractivity contribution in [2.75, 3.05) is 0 Å². The number of hydrogen-bond donors (Lipinski definition) is 1. The van der Waals surface area contributed by atoms with E-state index in [4.69, 9.17) is 5.11 Å². The summed E-state index contributed by atoms with van der Waals surface area (Å²) in [5.74, 6) is 0.781. The van der Waals surface area contributed by atoms with Gasteiger partial charge in [0.05, 0.1) is 6.42 Å². The summed E-state index contributed by atoms with van der Waals surface area (Å²) in [6, 6.07) is 0. The molecular weight excluding hydrogens is 192 g/mol. The highest BCUT2D eigenvalue weighted by atomic mass is 16.4. The molecule has 0 bridgehead atoms. The third kappa shape index (κ3) is 2.03. The Morgan fingerprint density at radius 1 is 1.67 bits per heavy atom. The van der Waals surface area contributed by atoms with Gasteiger partial charge in [0.25, 0.3) is 0 Å². The fraction of sp³-hybridized carbons (Fsp3) is 0.636. The molecule has 1 aromatic heterocycles. The first-order valence-corrected chi connectivity index (χ1v) is 5.40. The van der Waals surface area contributed by atoms with Crippen LogP contribution in [0.3, 0.4) is 0 Å². The topological polar surface area (TPSA) is 55.1 Å². The van der Waals surface area contributed by atoms with Gasteiger partial charge < -0.3 is 9.67 Å². The first-order chi connectivity index (χ1) is 7.18. The van der Waals surface area contributed by atoms with Gasteiger partial charge in [0, 0.05) is 31.3 Å². The van der Waals surface area contributed by atoms with Crippen molar-refractivity contribution in [2.45, 2.75) is 38.0 Å². The minimum absolute atomic E-state index is 0.162. The van der Waals surface area contributed by atoms with E-state index in [9.17, 15) is 4.79 Å². The SMILES string of the molecule is Cn1c(C2CCC2)cnc1CCC(=O)O. The lowest BCUT2D eigenvalue weighted by Gasteiger charge is -2.25. The fourth-order valence-electron chi connectivity index (χ4n) is 2.00. The van der Waals surface area contributed by atoms with Crippen LogP contribution in [0.15, 0.2) is 6.20 Å². The Labute approximate surface area is 88.9 Å². The second kappa shape index (κ2) is 4.04. The van der Waals surface area contributed by atoms with Crippen LogP contribution in [0.5, 0.6) is 0 Å². The van der Waals surface area contributed by atoms with E-state index < -0.39 is 5.97 Å². The van der Waals surface area contributed by atoms with E-state index in [1.54, 1.807) is 0 Å². The molecule has 0 unspecified atom stereocenters. The Morgan fingerprint density at radius 2 is 2.40 bits per heavy atom. The number of imidazole rings is 1. The Bertz CT molecular complexity index is 367. The van der Waals surface area contributed by atoms with E-state index in [1.165, 1.54) is 25.0 Å². The van der Waals surface area contributed by atoms with E-state index in [0.29, 0.717) is 12.3 Å². The minimum Gasteiger partial charge on any atom is -0.481 e. The summed E-state index contributed by atoms with van der Waals surface area (Å²) in [7, 11) is 1.98. The molecular formula is C11H16N2O2. The molecule has 0 aliphatic heterocycles. The smallest absolute Gasteiger partial charge is 0.303 e. The van der Waals surface area contributed by atoms with Crippen LogP contribution < -0.4 is 0 Å². The number of aromatic nitrogens is 2. The van der Waals surface area contributed by atoms with Crippen LogP contribution in [0, 0.1) is 0 Å². The van der Waals surface area contributed by atoms with Crippen molar-refractivity contribution in [1.29, 1.82) is 0 Å². The molecule has 0 saturated heterocycles. The number of rotatable bonds is 4.